The summed E-state index contributed by atoms with van der Waals surface area (Å²) in [6, 6.07) is 1.95. The fraction of sp³-hybridized carbons (Fsp3) is 0.583. The van der Waals surface area contributed by atoms with Gasteiger partial charge in [0.15, 0.2) is 0 Å². The van der Waals surface area contributed by atoms with Crippen LogP contribution >= 0.6 is 0 Å². The minimum Gasteiger partial charge on any atom is -0.489 e. The molecular formula is C12H20N2O2. The topological polar surface area (TPSA) is 43.4 Å². The Labute approximate surface area is 97.0 Å². The zero-order valence-electron chi connectivity index (χ0n) is 10.2. The molecule has 0 aliphatic heterocycles. The predicted octanol–water partition coefficient (Wildman–Crippen LogP) is 1.60. The molecule has 1 rings (SSSR count). The average molecular weight is 224 g/mol. The number of aromatic nitrogens is 1. The number of hydrogen-bond acceptors (Lipinski definition) is 4. The molecule has 0 unspecified atom stereocenters. The first-order valence-electron chi connectivity index (χ1n) is 5.56. The molecule has 1 aromatic rings. The molecule has 1 aromatic heterocycles. The van der Waals surface area contributed by atoms with Crippen molar-refractivity contribution in [3.05, 3.63) is 24.0 Å². The Balaban J connectivity index is 2.40. The largest absolute Gasteiger partial charge is 0.489 e. The molecule has 0 aliphatic rings. The van der Waals surface area contributed by atoms with Crippen LogP contribution in [0.2, 0.25) is 0 Å². The molecule has 4 nitrogen and oxygen atoms in total. The fourth-order valence-electron chi connectivity index (χ4n) is 1.31. The quantitative estimate of drug-likeness (QED) is 0.714. The van der Waals surface area contributed by atoms with Gasteiger partial charge in [-0.1, -0.05) is 0 Å². The highest BCUT2D eigenvalue weighted by Crippen LogP contribution is 2.15. The third-order valence-corrected chi connectivity index (χ3v) is 2.03. The lowest BCUT2D eigenvalue weighted by Gasteiger charge is -2.11. The van der Waals surface area contributed by atoms with Gasteiger partial charge in [0.05, 0.1) is 18.9 Å². The van der Waals surface area contributed by atoms with E-state index >= 15 is 0 Å². The molecule has 0 fully saturated rings. The summed E-state index contributed by atoms with van der Waals surface area (Å²) in [7, 11) is 1.91. The second-order valence-electron chi connectivity index (χ2n) is 3.78. The summed E-state index contributed by atoms with van der Waals surface area (Å²) in [6.45, 7) is 5.96. The SMILES string of the molecule is CNCc1ccncc1OCCOC(C)C. The molecule has 90 valence electrons. The first-order chi connectivity index (χ1) is 7.74. The van der Waals surface area contributed by atoms with E-state index in [-0.39, 0.29) is 6.10 Å². The maximum atomic E-state index is 5.61. The van der Waals surface area contributed by atoms with Crippen LogP contribution < -0.4 is 10.1 Å². The minimum atomic E-state index is 0.245. The number of ether oxygens (including phenoxy) is 2. The average Bonchev–Trinajstić information content (AvgIpc) is 2.26. The van der Waals surface area contributed by atoms with Crippen LogP contribution in [0.25, 0.3) is 0 Å². The molecule has 0 spiro atoms. The van der Waals surface area contributed by atoms with Crippen LogP contribution in [0.5, 0.6) is 5.75 Å². The Hall–Kier alpha value is -1.13. The highest BCUT2D eigenvalue weighted by molar-refractivity contribution is 5.29. The number of nitrogens with one attached hydrogen (secondary N) is 1. The van der Waals surface area contributed by atoms with Gasteiger partial charge in [0.2, 0.25) is 0 Å². The molecule has 0 aliphatic carbocycles. The summed E-state index contributed by atoms with van der Waals surface area (Å²) in [6.07, 6.45) is 3.75. The van der Waals surface area contributed by atoms with Crippen LogP contribution in [0.15, 0.2) is 18.5 Å². The van der Waals surface area contributed by atoms with E-state index < -0.39 is 0 Å². The van der Waals surface area contributed by atoms with Crippen molar-refractivity contribution in [3.63, 3.8) is 0 Å². The molecule has 0 aromatic carbocycles. The lowest BCUT2D eigenvalue weighted by Crippen LogP contribution is -2.13. The minimum absolute atomic E-state index is 0.245. The first kappa shape index (κ1) is 12.9. The van der Waals surface area contributed by atoms with Gasteiger partial charge in [0, 0.05) is 18.3 Å². The molecule has 16 heavy (non-hydrogen) atoms. The summed E-state index contributed by atoms with van der Waals surface area (Å²) in [5.74, 6) is 0.823. The monoisotopic (exact) mass is 224 g/mol. The highest BCUT2D eigenvalue weighted by atomic mass is 16.5. The lowest BCUT2D eigenvalue weighted by atomic mass is 10.2. The smallest absolute Gasteiger partial charge is 0.142 e. The van der Waals surface area contributed by atoms with E-state index in [4.69, 9.17) is 9.47 Å². The predicted molar refractivity (Wildman–Crippen MR) is 63.6 cm³/mol. The fourth-order valence-corrected chi connectivity index (χ4v) is 1.31. The highest BCUT2D eigenvalue weighted by Gasteiger charge is 2.02. The molecule has 1 N–H and O–H groups in total. The number of hydrogen-bond donors (Lipinski definition) is 1. The zero-order chi connectivity index (χ0) is 11.8. The van der Waals surface area contributed by atoms with Crippen LogP contribution in [0.4, 0.5) is 0 Å². The Morgan fingerprint density at radius 1 is 1.38 bits per heavy atom. The van der Waals surface area contributed by atoms with Gasteiger partial charge in [-0.05, 0) is 27.0 Å². The van der Waals surface area contributed by atoms with Crippen molar-refractivity contribution in [2.45, 2.75) is 26.5 Å². The van der Waals surface area contributed by atoms with Gasteiger partial charge >= 0.3 is 0 Å². The molecule has 0 bridgehead atoms. The maximum Gasteiger partial charge on any atom is 0.142 e. The van der Waals surface area contributed by atoms with Gasteiger partial charge in [0.1, 0.15) is 12.4 Å². The molecule has 0 saturated carbocycles. The summed E-state index contributed by atoms with van der Waals surface area (Å²) < 4.78 is 11.0. The van der Waals surface area contributed by atoms with E-state index in [9.17, 15) is 0 Å². The third kappa shape index (κ3) is 4.59. The van der Waals surface area contributed by atoms with Gasteiger partial charge < -0.3 is 14.8 Å². The normalized spacial score (nSPS) is 10.8. The van der Waals surface area contributed by atoms with Crippen molar-refractivity contribution in [3.8, 4) is 5.75 Å². The summed E-state index contributed by atoms with van der Waals surface area (Å²) >= 11 is 0. The zero-order valence-corrected chi connectivity index (χ0v) is 10.2. The second-order valence-corrected chi connectivity index (χ2v) is 3.78. The number of rotatable bonds is 7. The van der Waals surface area contributed by atoms with E-state index in [0.717, 1.165) is 17.9 Å². The van der Waals surface area contributed by atoms with Crippen LogP contribution in [-0.4, -0.2) is 31.3 Å². The molecule has 0 atom stereocenters. The van der Waals surface area contributed by atoms with E-state index in [1.807, 2.05) is 27.0 Å². The molecule has 0 amide bonds. The maximum absolute atomic E-state index is 5.61. The van der Waals surface area contributed by atoms with Crippen molar-refractivity contribution < 1.29 is 9.47 Å². The van der Waals surface area contributed by atoms with E-state index in [0.29, 0.717) is 13.2 Å². The Kier molecular flexibility index (Phi) is 5.82. The van der Waals surface area contributed by atoms with Crippen LogP contribution in [0.1, 0.15) is 19.4 Å². The van der Waals surface area contributed by atoms with Crippen LogP contribution in [0, 0.1) is 0 Å². The summed E-state index contributed by atoms with van der Waals surface area (Å²) in [5, 5.41) is 3.09. The lowest BCUT2D eigenvalue weighted by molar-refractivity contribution is 0.0549. The van der Waals surface area contributed by atoms with Gasteiger partial charge in [-0.3, -0.25) is 4.98 Å². The van der Waals surface area contributed by atoms with Crippen molar-refractivity contribution in [2.24, 2.45) is 0 Å². The first-order valence-corrected chi connectivity index (χ1v) is 5.56. The Morgan fingerprint density at radius 2 is 2.19 bits per heavy atom. The van der Waals surface area contributed by atoms with Gasteiger partial charge in [0.25, 0.3) is 0 Å². The van der Waals surface area contributed by atoms with Gasteiger partial charge in [-0.15, -0.1) is 0 Å². The second kappa shape index (κ2) is 7.19. The number of nitrogens with zero attached hydrogens (tertiary/aromatic N) is 1. The summed E-state index contributed by atoms with van der Waals surface area (Å²) in [4.78, 5) is 4.05. The van der Waals surface area contributed by atoms with E-state index in [1.165, 1.54) is 0 Å². The van der Waals surface area contributed by atoms with Crippen molar-refractivity contribution in [2.75, 3.05) is 20.3 Å². The van der Waals surface area contributed by atoms with Crippen LogP contribution in [0.3, 0.4) is 0 Å². The van der Waals surface area contributed by atoms with Crippen LogP contribution in [-0.2, 0) is 11.3 Å². The Bertz CT molecular complexity index is 303. The van der Waals surface area contributed by atoms with Crippen molar-refractivity contribution >= 4 is 0 Å². The standard InChI is InChI=1S/C12H20N2O2/c1-10(2)15-6-7-16-12-9-14-5-4-11(12)8-13-3/h4-5,9-10,13H,6-8H2,1-3H3. The molecule has 1 heterocycles. The van der Waals surface area contributed by atoms with Crippen molar-refractivity contribution in [1.82, 2.24) is 10.3 Å². The van der Waals surface area contributed by atoms with E-state index in [2.05, 4.69) is 10.3 Å². The molecule has 0 radical (unpaired) electrons. The molecule has 0 saturated heterocycles. The Morgan fingerprint density at radius 3 is 2.88 bits per heavy atom. The number of pyridine rings is 1. The van der Waals surface area contributed by atoms with Gasteiger partial charge in [-0.2, -0.15) is 0 Å². The summed E-state index contributed by atoms with van der Waals surface area (Å²) in [5.41, 5.74) is 1.11. The van der Waals surface area contributed by atoms with Crippen molar-refractivity contribution in [1.29, 1.82) is 0 Å². The molecular weight excluding hydrogens is 204 g/mol. The van der Waals surface area contributed by atoms with E-state index in [1.54, 1.807) is 12.4 Å². The third-order valence-electron chi connectivity index (χ3n) is 2.03. The van der Waals surface area contributed by atoms with Gasteiger partial charge in [-0.25, -0.2) is 0 Å². The molecule has 4 heteroatoms.